The average molecular weight is 782 g/mol. The molecule has 1 aromatic heterocycles. The van der Waals surface area contributed by atoms with Crippen LogP contribution in [0.4, 0.5) is 0 Å². The molecule has 2 amide bonds. The molecule has 2 saturated carbocycles. The van der Waals surface area contributed by atoms with E-state index in [1.54, 1.807) is 40.1 Å². The first-order valence-corrected chi connectivity index (χ1v) is 20.9. The highest BCUT2D eigenvalue weighted by atomic mass is 32.2. The van der Waals surface area contributed by atoms with E-state index in [0.29, 0.717) is 42.6 Å². The number of fused-ring (bicyclic) bond motifs is 3. The summed E-state index contributed by atoms with van der Waals surface area (Å²) in [4.78, 5) is 62.7. The van der Waals surface area contributed by atoms with Gasteiger partial charge in [0.25, 0.3) is 0 Å². The maximum atomic E-state index is 14.9. The van der Waals surface area contributed by atoms with E-state index in [0.717, 1.165) is 18.2 Å². The number of rotatable bonds is 9. The van der Waals surface area contributed by atoms with Gasteiger partial charge in [-0.05, 0) is 101 Å². The van der Waals surface area contributed by atoms with Crippen LogP contribution in [0.15, 0.2) is 36.5 Å². The highest BCUT2D eigenvalue weighted by Gasteiger charge is 2.61. The van der Waals surface area contributed by atoms with Crippen LogP contribution in [0.5, 0.6) is 17.4 Å². The van der Waals surface area contributed by atoms with E-state index in [1.165, 1.54) is 12.0 Å². The first-order chi connectivity index (χ1) is 25.9. The van der Waals surface area contributed by atoms with Crippen molar-refractivity contribution in [2.45, 2.75) is 115 Å². The lowest BCUT2D eigenvalue weighted by atomic mass is 9.82. The van der Waals surface area contributed by atoms with Crippen molar-refractivity contribution in [3.63, 3.8) is 0 Å². The Balaban J connectivity index is 1.36. The molecular formula is C41H55N3O10S. The SMILES string of the molecule is COc1cc2ccnc(O[C@@H]3C[C@H]4C(=O)C[C@]5(C(=O)NS(=O)(=O)C6CC6)C[C@H]5/C=C\CC[C@@H](C)C[C@@H](C)[C@H](CC(=O)OC(C)(C)C)C(=O)N4C3)c2cc1OC. The van der Waals surface area contributed by atoms with Gasteiger partial charge in [0.15, 0.2) is 17.3 Å². The van der Waals surface area contributed by atoms with Gasteiger partial charge in [0.2, 0.25) is 27.7 Å². The maximum Gasteiger partial charge on any atom is 0.307 e. The Morgan fingerprint density at radius 2 is 1.75 bits per heavy atom. The van der Waals surface area contributed by atoms with E-state index in [9.17, 15) is 27.6 Å². The number of carbonyl (C=O) groups excluding carboxylic acids is 4. The number of nitrogens with zero attached hydrogens (tertiary/aromatic N) is 2. The van der Waals surface area contributed by atoms with Crippen molar-refractivity contribution in [3.8, 4) is 17.4 Å². The Labute approximate surface area is 323 Å². The number of hydrogen-bond donors (Lipinski definition) is 1. The quantitative estimate of drug-likeness (QED) is 0.251. The number of nitrogens with one attached hydrogen (secondary N) is 1. The van der Waals surface area contributed by atoms with Crippen molar-refractivity contribution in [3.05, 3.63) is 36.5 Å². The maximum absolute atomic E-state index is 14.9. The minimum atomic E-state index is -3.86. The number of aromatic nitrogens is 1. The third-order valence-electron chi connectivity index (χ3n) is 11.5. The third kappa shape index (κ3) is 9.10. The number of pyridine rings is 1. The lowest BCUT2D eigenvalue weighted by molar-refractivity contribution is -0.160. The number of esters is 1. The Morgan fingerprint density at radius 1 is 1.04 bits per heavy atom. The van der Waals surface area contributed by atoms with Crippen molar-refractivity contribution < 1.29 is 46.5 Å². The predicted octanol–water partition coefficient (Wildman–Crippen LogP) is 5.53. The van der Waals surface area contributed by atoms with Gasteiger partial charge in [-0.15, -0.1) is 0 Å². The lowest BCUT2D eigenvalue weighted by Crippen LogP contribution is -2.47. The molecular weight excluding hydrogens is 727 g/mol. The number of Topliss-reactive ketones (excluding diaryl/α,β-unsaturated/α-hetero) is 1. The molecule has 4 aliphatic rings. The van der Waals surface area contributed by atoms with Crippen LogP contribution < -0.4 is 18.9 Å². The molecule has 0 radical (unpaired) electrons. The molecule has 1 N–H and O–H groups in total. The lowest BCUT2D eigenvalue weighted by Gasteiger charge is -2.32. The fraction of sp³-hybridized carbons (Fsp3) is 0.634. The number of amides is 2. The normalized spacial score (nSPS) is 29.6. The van der Waals surface area contributed by atoms with E-state index in [2.05, 4.69) is 16.6 Å². The number of ether oxygens (including phenoxy) is 4. The van der Waals surface area contributed by atoms with Gasteiger partial charge in [0.05, 0.1) is 49.8 Å². The van der Waals surface area contributed by atoms with Crippen LogP contribution in [0.1, 0.15) is 92.4 Å². The number of allylic oxidation sites excluding steroid dienone is 2. The molecule has 2 aromatic rings. The van der Waals surface area contributed by atoms with Crippen LogP contribution in [0.25, 0.3) is 10.8 Å². The van der Waals surface area contributed by atoms with Gasteiger partial charge in [-0.1, -0.05) is 26.0 Å². The van der Waals surface area contributed by atoms with Gasteiger partial charge < -0.3 is 23.8 Å². The molecule has 0 bridgehead atoms. The molecule has 14 heteroatoms. The van der Waals surface area contributed by atoms with Gasteiger partial charge in [-0.2, -0.15) is 0 Å². The van der Waals surface area contributed by atoms with Crippen LogP contribution in [0.3, 0.4) is 0 Å². The number of hydrogen-bond acceptors (Lipinski definition) is 11. The summed E-state index contributed by atoms with van der Waals surface area (Å²) in [6.45, 7) is 9.45. The summed E-state index contributed by atoms with van der Waals surface area (Å²) in [5.41, 5.74) is -2.01. The zero-order chi connectivity index (χ0) is 39.9. The summed E-state index contributed by atoms with van der Waals surface area (Å²) < 4.78 is 51.4. The molecule has 300 valence electrons. The number of methoxy groups -OCH3 is 2. The molecule has 3 fully saturated rings. The zero-order valence-electron chi connectivity index (χ0n) is 33.0. The highest BCUT2D eigenvalue weighted by molar-refractivity contribution is 7.90. The monoisotopic (exact) mass is 781 g/mol. The molecule has 2 aliphatic carbocycles. The predicted molar refractivity (Wildman–Crippen MR) is 205 cm³/mol. The van der Waals surface area contributed by atoms with Crippen molar-refractivity contribution >= 4 is 44.4 Å². The summed E-state index contributed by atoms with van der Waals surface area (Å²) in [5.74, 6) is -1.73. The first kappa shape index (κ1) is 40.5. The van der Waals surface area contributed by atoms with Crippen molar-refractivity contribution in [1.82, 2.24) is 14.6 Å². The Hall–Kier alpha value is -4.20. The second kappa shape index (κ2) is 15.7. The summed E-state index contributed by atoms with van der Waals surface area (Å²) in [6.07, 6.45) is 8.08. The summed E-state index contributed by atoms with van der Waals surface area (Å²) in [6, 6.07) is 4.40. The topological polar surface area (TPSA) is 167 Å². The number of benzene rings is 1. The third-order valence-corrected chi connectivity index (χ3v) is 13.3. The minimum absolute atomic E-state index is 0.0340. The first-order valence-electron chi connectivity index (χ1n) is 19.4. The van der Waals surface area contributed by atoms with E-state index >= 15 is 0 Å². The Kier molecular flexibility index (Phi) is 11.6. The molecule has 7 atom stereocenters. The summed E-state index contributed by atoms with van der Waals surface area (Å²) in [7, 11) is -0.780. The molecule has 3 heterocycles. The molecule has 13 nitrogen and oxygen atoms in total. The van der Waals surface area contributed by atoms with Crippen molar-refractivity contribution in [2.75, 3.05) is 20.8 Å². The fourth-order valence-electron chi connectivity index (χ4n) is 8.27. The second-order valence-corrected chi connectivity index (χ2v) is 19.0. The second-order valence-electron chi connectivity index (χ2n) is 17.0. The largest absolute Gasteiger partial charge is 0.493 e. The Morgan fingerprint density at radius 3 is 2.42 bits per heavy atom. The van der Waals surface area contributed by atoms with Crippen molar-refractivity contribution in [1.29, 1.82) is 0 Å². The van der Waals surface area contributed by atoms with E-state index in [-0.39, 0.29) is 61.1 Å². The minimum Gasteiger partial charge on any atom is -0.493 e. The molecule has 0 spiro atoms. The number of ketones is 1. The van der Waals surface area contributed by atoms with Crippen LogP contribution in [0.2, 0.25) is 0 Å². The number of carbonyl (C=O) groups is 4. The van der Waals surface area contributed by atoms with Crippen LogP contribution in [-0.2, 0) is 33.9 Å². The molecule has 0 unspecified atom stereocenters. The highest BCUT2D eigenvalue weighted by Crippen LogP contribution is 2.57. The summed E-state index contributed by atoms with van der Waals surface area (Å²) >= 11 is 0. The van der Waals surface area contributed by atoms with Crippen molar-refractivity contribution in [2.24, 2.45) is 29.1 Å². The smallest absolute Gasteiger partial charge is 0.307 e. The fourth-order valence-corrected chi connectivity index (χ4v) is 9.66. The summed E-state index contributed by atoms with van der Waals surface area (Å²) in [5, 5.41) is 0.825. The molecule has 6 rings (SSSR count). The van der Waals surface area contributed by atoms with Gasteiger partial charge in [0, 0.05) is 24.4 Å². The van der Waals surface area contributed by atoms with E-state index < -0.39 is 56.2 Å². The standard InChI is InChI=1S/C41H55N3O10S/c1-24-10-8-9-11-27-21-41(27,39(48)43-55(49,50)29-12-13-29)22-33(45)32-18-28(53-37-31-19-35(52-7)34(51-6)17-26(31)14-15-42-37)23-44(32)38(47)30(25(2)16-24)20-36(46)54-40(3,4)5/h9,11,14-15,17,19,24-25,27-30,32H,8,10,12-13,16,18,20-23H2,1-7H3,(H,43,48)/b11-9-/t24-,25-,27-,28-,30+,32+,41-/m1/s1. The average Bonchev–Trinajstić information content (AvgIpc) is 4.04. The van der Waals surface area contributed by atoms with Crippen LogP contribution in [-0.4, -0.2) is 85.6 Å². The zero-order valence-corrected chi connectivity index (χ0v) is 33.8. The van der Waals surface area contributed by atoms with Gasteiger partial charge >= 0.3 is 5.97 Å². The molecule has 55 heavy (non-hydrogen) atoms. The van der Waals surface area contributed by atoms with Gasteiger partial charge in [0.1, 0.15) is 11.7 Å². The van der Waals surface area contributed by atoms with Gasteiger partial charge in [-0.25, -0.2) is 13.4 Å². The van der Waals surface area contributed by atoms with Crippen LogP contribution in [0, 0.1) is 29.1 Å². The van der Waals surface area contributed by atoms with Crippen LogP contribution >= 0.6 is 0 Å². The van der Waals surface area contributed by atoms with Gasteiger partial charge in [-0.3, -0.25) is 23.9 Å². The Bertz CT molecular complexity index is 1950. The van der Waals surface area contributed by atoms with E-state index in [1.807, 2.05) is 31.2 Å². The van der Waals surface area contributed by atoms with E-state index in [4.69, 9.17) is 18.9 Å². The number of sulfonamides is 1. The molecule has 2 aliphatic heterocycles. The molecule has 1 aromatic carbocycles. The molecule has 1 saturated heterocycles.